The predicted octanol–water partition coefficient (Wildman–Crippen LogP) is 14.9. The Bertz CT molecular complexity index is 3150. The molecule has 1 heteroatoms. The van der Waals surface area contributed by atoms with Crippen molar-refractivity contribution in [1.82, 2.24) is 0 Å². The Hall–Kier alpha value is -6.96. The molecule has 0 bridgehead atoms. The van der Waals surface area contributed by atoms with Gasteiger partial charge in [-0.2, -0.15) is 0 Å². The first-order valence-corrected chi connectivity index (χ1v) is 18.3. The SMILES string of the molecule is c1ccc(-c2ccc3cccc(-c4c5ccccc5c(-c5c6ccccc6cc6oc7ccc(-c8ccccc8)cc7c56)c5ccccc45)c3c2)cc1. The van der Waals surface area contributed by atoms with Gasteiger partial charge >= 0.3 is 0 Å². The summed E-state index contributed by atoms with van der Waals surface area (Å²) in [6.45, 7) is 0. The van der Waals surface area contributed by atoms with Gasteiger partial charge in [0, 0.05) is 16.3 Å². The molecule has 1 heterocycles. The van der Waals surface area contributed by atoms with Gasteiger partial charge in [0.05, 0.1) is 0 Å². The molecule has 0 aliphatic carbocycles. The van der Waals surface area contributed by atoms with Crippen molar-refractivity contribution in [3.63, 3.8) is 0 Å². The van der Waals surface area contributed by atoms with Gasteiger partial charge in [0.2, 0.25) is 0 Å². The lowest BCUT2D eigenvalue weighted by Gasteiger charge is -2.20. The van der Waals surface area contributed by atoms with Crippen LogP contribution in [0, 0.1) is 0 Å². The van der Waals surface area contributed by atoms with E-state index >= 15 is 0 Å². The van der Waals surface area contributed by atoms with Gasteiger partial charge in [-0.25, -0.2) is 0 Å². The van der Waals surface area contributed by atoms with Crippen LogP contribution in [-0.4, -0.2) is 0 Å². The second-order valence-corrected chi connectivity index (χ2v) is 14.0. The molecule has 11 rings (SSSR count). The number of fused-ring (bicyclic) bond motifs is 7. The second kappa shape index (κ2) is 11.8. The first kappa shape index (κ1) is 29.7. The van der Waals surface area contributed by atoms with Crippen LogP contribution < -0.4 is 0 Å². The quantitative estimate of drug-likeness (QED) is 0.170. The highest BCUT2D eigenvalue weighted by molar-refractivity contribution is 6.31. The molecule has 0 atom stereocenters. The molecular formula is C52H32O. The summed E-state index contributed by atoms with van der Waals surface area (Å²) in [6.07, 6.45) is 0. The van der Waals surface area contributed by atoms with Crippen molar-refractivity contribution in [2.45, 2.75) is 0 Å². The molecule has 0 N–H and O–H groups in total. The van der Waals surface area contributed by atoms with Gasteiger partial charge < -0.3 is 4.42 Å². The molecule has 1 aromatic heterocycles. The molecule has 0 saturated heterocycles. The van der Waals surface area contributed by atoms with Crippen LogP contribution in [0.4, 0.5) is 0 Å². The van der Waals surface area contributed by atoms with Crippen molar-refractivity contribution < 1.29 is 4.42 Å². The summed E-state index contributed by atoms with van der Waals surface area (Å²) in [7, 11) is 0. The number of rotatable bonds is 4. The van der Waals surface area contributed by atoms with Gasteiger partial charge in [-0.3, -0.25) is 0 Å². The third-order valence-corrected chi connectivity index (χ3v) is 11.0. The molecule has 246 valence electrons. The van der Waals surface area contributed by atoms with Crippen molar-refractivity contribution >= 4 is 65.0 Å². The molecule has 0 saturated carbocycles. The minimum absolute atomic E-state index is 0.895. The van der Waals surface area contributed by atoms with E-state index in [1.807, 2.05) is 0 Å². The van der Waals surface area contributed by atoms with Crippen LogP contribution in [0.5, 0.6) is 0 Å². The van der Waals surface area contributed by atoms with Crippen molar-refractivity contribution in [2.75, 3.05) is 0 Å². The Kier molecular flexibility index (Phi) is 6.62. The minimum atomic E-state index is 0.895. The Labute approximate surface area is 307 Å². The lowest BCUT2D eigenvalue weighted by Crippen LogP contribution is -1.93. The van der Waals surface area contributed by atoms with Crippen LogP contribution in [0.25, 0.3) is 110 Å². The van der Waals surface area contributed by atoms with E-state index in [0.29, 0.717) is 0 Å². The first-order chi connectivity index (χ1) is 26.3. The fraction of sp³-hybridized carbons (Fsp3) is 0. The summed E-state index contributed by atoms with van der Waals surface area (Å²) in [5, 5.41) is 12.1. The average Bonchev–Trinajstić information content (AvgIpc) is 3.60. The van der Waals surface area contributed by atoms with Crippen LogP contribution >= 0.6 is 0 Å². The van der Waals surface area contributed by atoms with E-state index < -0.39 is 0 Å². The van der Waals surface area contributed by atoms with E-state index in [4.69, 9.17) is 4.42 Å². The molecule has 0 amide bonds. The summed E-state index contributed by atoms with van der Waals surface area (Å²) in [5.74, 6) is 0. The topological polar surface area (TPSA) is 13.1 Å². The molecule has 1 nitrogen and oxygen atoms in total. The predicted molar refractivity (Wildman–Crippen MR) is 225 cm³/mol. The van der Waals surface area contributed by atoms with E-state index in [2.05, 4.69) is 194 Å². The average molecular weight is 673 g/mol. The van der Waals surface area contributed by atoms with E-state index in [1.165, 1.54) is 82.2 Å². The second-order valence-electron chi connectivity index (χ2n) is 14.0. The zero-order valence-corrected chi connectivity index (χ0v) is 28.9. The van der Waals surface area contributed by atoms with Gasteiger partial charge in [-0.1, -0.05) is 170 Å². The lowest BCUT2D eigenvalue weighted by molar-refractivity contribution is 0.669. The van der Waals surface area contributed by atoms with Crippen LogP contribution in [0.2, 0.25) is 0 Å². The normalized spacial score (nSPS) is 11.8. The summed E-state index contributed by atoms with van der Waals surface area (Å²) in [6, 6.07) is 70.5. The van der Waals surface area contributed by atoms with Crippen molar-refractivity contribution in [3.05, 3.63) is 194 Å². The molecular weight excluding hydrogens is 641 g/mol. The van der Waals surface area contributed by atoms with E-state index in [0.717, 1.165) is 27.3 Å². The Morgan fingerprint density at radius 2 is 0.792 bits per heavy atom. The van der Waals surface area contributed by atoms with Gasteiger partial charge in [0.25, 0.3) is 0 Å². The first-order valence-electron chi connectivity index (χ1n) is 18.3. The summed E-state index contributed by atoms with van der Waals surface area (Å²) in [5.41, 5.74) is 11.6. The largest absolute Gasteiger partial charge is 0.456 e. The van der Waals surface area contributed by atoms with Crippen molar-refractivity contribution in [2.24, 2.45) is 0 Å². The molecule has 0 unspecified atom stereocenters. The number of hydrogen-bond acceptors (Lipinski definition) is 1. The van der Waals surface area contributed by atoms with Gasteiger partial charge in [-0.05, 0) is 106 Å². The molecule has 0 radical (unpaired) electrons. The van der Waals surface area contributed by atoms with Crippen LogP contribution in [0.1, 0.15) is 0 Å². The highest BCUT2D eigenvalue weighted by Crippen LogP contribution is 2.50. The molecule has 10 aromatic carbocycles. The number of benzene rings is 10. The number of hydrogen-bond donors (Lipinski definition) is 0. The molecule has 11 aromatic rings. The van der Waals surface area contributed by atoms with Crippen LogP contribution in [0.3, 0.4) is 0 Å². The Morgan fingerprint density at radius 3 is 1.45 bits per heavy atom. The van der Waals surface area contributed by atoms with E-state index in [-0.39, 0.29) is 0 Å². The van der Waals surface area contributed by atoms with Gasteiger partial charge in [-0.15, -0.1) is 0 Å². The van der Waals surface area contributed by atoms with Crippen molar-refractivity contribution in [1.29, 1.82) is 0 Å². The molecule has 0 aliphatic rings. The summed E-state index contributed by atoms with van der Waals surface area (Å²) >= 11 is 0. The standard InChI is InChI=1S/C52H32O/c1-3-14-33(15-4-1)36-27-26-35-19-13-25-44(45(35)30-36)49-40-21-9-11-23-42(40)50(43-24-12-10-22-41(43)49)52-39-20-8-7-18-38(39)32-48-51(52)46-31-37(28-29-47(46)53-48)34-16-5-2-6-17-34/h1-32H. The Morgan fingerprint density at radius 1 is 0.264 bits per heavy atom. The smallest absolute Gasteiger partial charge is 0.136 e. The third kappa shape index (κ3) is 4.64. The number of furan rings is 1. The van der Waals surface area contributed by atoms with Gasteiger partial charge in [0.15, 0.2) is 0 Å². The highest BCUT2D eigenvalue weighted by atomic mass is 16.3. The monoisotopic (exact) mass is 672 g/mol. The summed E-state index contributed by atoms with van der Waals surface area (Å²) in [4.78, 5) is 0. The Balaban J connectivity index is 1.28. The molecule has 53 heavy (non-hydrogen) atoms. The highest BCUT2D eigenvalue weighted by Gasteiger charge is 2.23. The summed E-state index contributed by atoms with van der Waals surface area (Å²) < 4.78 is 6.73. The van der Waals surface area contributed by atoms with Crippen LogP contribution in [-0.2, 0) is 0 Å². The van der Waals surface area contributed by atoms with Crippen molar-refractivity contribution in [3.8, 4) is 44.5 Å². The zero-order valence-electron chi connectivity index (χ0n) is 28.9. The van der Waals surface area contributed by atoms with Crippen LogP contribution in [0.15, 0.2) is 199 Å². The molecule has 0 aliphatic heterocycles. The van der Waals surface area contributed by atoms with E-state index in [9.17, 15) is 0 Å². The fourth-order valence-corrected chi connectivity index (χ4v) is 8.66. The zero-order chi connectivity index (χ0) is 34.9. The van der Waals surface area contributed by atoms with E-state index in [1.54, 1.807) is 0 Å². The molecule has 0 spiro atoms. The third-order valence-electron chi connectivity index (χ3n) is 11.0. The maximum Gasteiger partial charge on any atom is 0.136 e. The fourth-order valence-electron chi connectivity index (χ4n) is 8.66. The lowest BCUT2D eigenvalue weighted by atomic mass is 9.82. The maximum atomic E-state index is 6.73. The van der Waals surface area contributed by atoms with Gasteiger partial charge in [0.1, 0.15) is 11.2 Å². The molecule has 0 fully saturated rings. The minimum Gasteiger partial charge on any atom is -0.456 e. The maximum absolute atomic E-state index is 6.73.